The van der Waals surface area contributed by atoms with Crippen LogP contribution in [0, 0.1) is 0 Å². The van der Waals surface area contributed by atoms with Gasteiger partial charge < -0.3 is 29.9 Å². The molecule has 33 heavy (non-hydrogen) atoms. The van der Waals surface area contributed by atoms with E-state index in [9.17, 15) is 9.59 Å². The molecule has 176 valence electrons. The number of hydrogen-bond acceptors (Lipinski definition) is 7. The van der Waals surface area contributed by atoms with E-state index >= 15 is 0 Å². The third-order valence-corrected chi connectivity index (χ3v) is 6.07. The number of nitrogens with zero attached hydrogens (tertiary/aromatic N) is 3. The van der Waals surface area contributed by atoms with Crippen molar-refractivity contribution in [3.05, 3.63) is 48.0 Å². The molecular weight excluding hydrogens is 422 g/mol. The molecule has 1 atom stereocenters. The highest BCUT2D eigenvalue weighted by Crippen LogP contribution is 2.34. The second-order valence-electron chi connectivity index (χ2n) is 8.57. The van der Waals surface area contributed by atoms with E-state index in [4.69, 9.17) is 9.47 Å². The molecule has 0 bridgehead atoms. The van der Waals surface area contributed by atoms with Crippen molar-refractivity contribution in [2.45, 2.75) is 6.04 Å². The first kappa shape index (κ1) is 22.9. The maximum Gasteiger partial charge on any atom is 0.313 e. The van der Waals surface area contributed by atoms with Gasteiger partial charge in [0.25, 0.3) is 0 Å². The van der Waals surface area contributed by atoms with E-state index in [0.717, 1.165) is 37.4 Å². The number of hydrogen-bond donors (Lipinski definition) is 2. The minimum absolute atomic E-state index is 0.0165. The van der Waals surface area contributed by atoms with E-state index in [-0.39, 0.29) is 12.8 Å². The lowest BCUT2D eigenvalue weighted by molar-refractivity contribution is -0.136. The minimum Gasteiger partial charge on any atom is -0.454 e. The molecule has 0 unspecified atom stereocenters. The van der Waals surface area contributed by atoms with Crippen LogP contribution in [0.2, 0.25) is 0 Å². The smallest absolute Gasteiger partial charge is 0.313 e. The molecule has 0 saturated carbocycles. The summed E-state index contributed by atoms with van der Waals surface area (Å²) >= 11 is 0. The molecule has 2 aromatic rings. The number of anilines is 2. The van der Waals surface area contributed by atoms with Crippen LogP contribution < -0.4 is 25.0 Å². The van der Waals surface area contributed by atoms with Gasteiger partial charge in [-0.05, 0) is 36.9 Å². The van der Waals surface area contributed by atoms with Gasteiger partial charge in [0.05, 0.1) is 6.04 Å². The van der Waals surface area contributed by atoms with Crippen molar-refractivity contribution in [2.75, 3.05) is 70.9 Å². The van der Waals surface area contributed by atoms with E-state index in [1.54, 1.807) is 18.2 Å². The summed E-state index contributed by atoms with van der Waals surface area (Å²) < 4.78 is 10.6. The average Bonchev–Trinajstić information content (AvgIpc) is 3.28. The number of likely N-dealkylation sites (N-methyl/N-ethyl adjacent to an activating group) is 1. The number of ether oxygens (including phenoxy) is 2. The Kier molecular flexibility index (Phi) is 7.00. The van der Waals surface area contributed by atoms with E-state index in [1.165, 1.54) is 0 Å². The predicted octanol–water partition coefficient (Wildman–Crippen LogP) is 1.52. The van der Waals surface area contributed by atoms with Crippen molar-refractivity contribution in [3.8, 4) is 11.5 Å². The van der Waals surface area contributed by atoms with E-state index in [1.807, 2.05) is 14.1 Å². The molecule has 2 N–H and O–H groups in total. The van der Waals surface area contributed by atoms with E-state index < -0.39 is 11.8 Å². The van der Waals surface area contributed by atoms with Crippen molar-refractivity contribution in [3.63, 3.8) is 0 Å². The molecule has 1 fully saturated rings. The summed E-state index contributed by atoms with van der Waals surface area (Å²) in [6, 6.07) is 13.4. The van der Waals surface area contributed by atoms with Crippen LogP contribution in [-0.4, -0.2) is 82.3 Å². The Balaban J connectivity index is 1.40. The van der Waals surface area contributed by atoms with Gasteiger partial charge in [0.15, 0.2) is 11.5 Å². The predicted molar refractivity (Wildman–Crippen MR) is 127 cm³/mol. The number of carbonyl (C=O) groups excluding carboxylic acids is 2. The number of carbonyl (C=O) groups is 2. The standard InChI is InChI=1S/C24H31N5O4/c1-27(2)19-7-4-17(5-8-19)20(29-12-10-28(3)11-13-29)15-25-23(30)24(31)26-18-6-9-21-22(14-18)33-16-32-21/h4-9,14,20H,10-13,15-16H2,1-3H3,(H,25,30)(H,26,31)/t20-/m1/s1. The third kappa shape index (κ3) is 5.55. The number of benzene rings is 2. The van der Waals surface area contributed by atoms with Crippen LogP contribution in [0.1, 0.15) is 11.6 Å². The number of rotatable bonds is 6. The van der Waals surface area contributed by atoms with Gasteiger partial charge in [0.1, 0.15) is 0 Å². The molecule has 2 aliphatic rings. The third-order valence-electron chi connectivity index (χ3n) is 6.07. The van der Waals surface area contributed by atoms with Crippen molar-refractivity contribution in [1.29, 1.82) is 0 Å². The lowest BCUT2D eigenvalue weighted by Crippen LogP contribution is -2.49. The van der Waals surface area contributed by atoms with Crippen LogP contribution in [0.15, 0.2) is 42.5 Å². The Morgan fingerprint density at radius 1 is 0.970 bits per heavy atom. The Bertz CT molecular complexity index is 987. The lowest BCUT2D eigenvalue weighted by Gasteiger charge is -2.38. The molecule has 2 aliphatic heterocycles. The molecule has 0 radical (unpaired) electrons. The van der Waals surface area contributed by atoms with Crippen LogP contribution in [0.4, 0.5) is 11.4 Å². The zero-order valence-corrected chi connectivity index (χ0v) is 19.3. The van der Waals surface area contributed by atoms with Gasteiger partial charge in [-0.2, -0.15) is 0 Å². The van der Waals surface area contributed by atoms with Crippen LogP contribution in [-0.2, 0) is 9.59 Å². The topological polar surface area (TPSA) is 86.4 Å². The van der Waals surface area contributed by atoms with Crippen molar-refractivity contribution < 1.29 is 19.1 Å². The first-order valence-corrected chi connectivity index (χ1v) is 11.1. The summed E-state index contributed by atoms with van der Waals surface area (Å²) in [6.07, 6.45) is 0. The minimum atomic E-state index is -0.714. The Hall–Kier alpha value is -3.30. The normalized spacial score (nSPS) is 16.8. The van der Waals surface area contributed by atoms with Crippen LogP contribution in [0.5, 0.6) is 11.5 Å². The molecule has 9 nitrogen and oxygen atoms in total. The van der Waals surface area contributed by atoms with Crippen LogP contribution in [0.3, 0.4) is 0 Å². The van der Waals surface area contributed by atoms with Gasteiger partial charge in [-0.3, -0.25) is 14.5 Å². The molecule has 2 amide bonds. The van der Waals surface area contributed by atoms with Gasteiger partial charge in [-0.15, -0.1) is 0 Å². The quantitative estimate of drug-likeness (QED) is 0.642. The lowest BCUT2D eigenvalue weighted by atomic mass is 10.0. The second kappa shape index (κ2) is 10.1. The van der Waals surface area contributed by atoms with E-state index in [0.29, 0.717) is 23.7 Å². The highest BCUT2D eigenvalue weighted by molar-refractivity contribution is 6.39. The maximum absolute atomic E-state index is 12.6. The fraction of sp³-hybridized carbons (Fsp3) is 0.417. The number of nitrogens with one attached hydrogen (secondary N) is 2. The van der Waals surface area contributed by atoms with Gasteiger partial charge in [0.2, 0.25) is 6.79 Å². The molecule has 0 aliphatic carbocycles. The summed E-state index contributed by atoms with van der Waals surface area (Å²) in [7, 11) is 6.12. The summed E-state index contributed by atoms with van der Waals surface area (Å²) in [6.45, 7) is 4.22. The summed E-state index contributed by atoms with van der Waals surface area (Å²) in [5.74, 6) is -0.220. The van der Waals surface area contributed by atoms with Crippen LogP contribution >= 0.6 is 0 Å². The highest BCUT2D eigenvalue weighted by atomic mass is 16.7. The monoisotopic (exact) mass is 453 g/mol. The summed E-state index contributed by atoms with van der Waals surface area (Å²) in [5.41, 5.74) is 2.71. The van der Waals surface area contributed by atoms with Gasteiger partial charge >= 0.3 is 11.8 Å². The zero-order valence-electron chi connectivity index (χ0n) is 19.3. The fourth-order valence-corrected chi connectivity index (χ4v) is 4.02. The molecule has 1 saturated heterocycles. The zero-order chi connectivity index (χ0) is 23.4. The second-order valence-corrected chi connectivity index (χ2v) is 8.57. The summed E-state index contributed by atoms with van der Waals surface area (Å²) in [5, 5.41) is 5.45. The number of fused-ring (bicyclic) bond motifs is 1. The van der Waals surface area contributed by atoms with Crippen molar-refractivity contribution in [2.24, 2.45) is 0 Å². The molecule has 0 aromatic heterocycles. The molecular formula is C24H31N5O4. The number of amides is 2. The molecule has 9 heteroatoms. The Morgan fingerprint density at radius 3 is 2.36 bits per heavy atom. The molecule has 0 spiro atoms. The Labute approximate surface area is 194 Å². The van der Waals surface area contributed by atoms with Gasteiger partial charge in [0, 0.05) is 64.3 Å². The van der Waals surface area contributed by atoms with Gasteiger partial charge in [-0.25, -0.2) is 0 Å². The highest BCUT2D eigenvalue weighted by Gasteiger charge is 2.26. The van der Waals surface area contributed by atoms with E-state index in [2.05, 4.69) is 56.6 Å². The SMILES string of the molecule is CN1CCN([C@H](CNC(=O)C(=O)Nc2ccc3c(c2)OCO3)c2ccc(N(C)C)cc2)CC1. The molecule has 2 aromatic carbocycles. The largest absolute Gasteiger partial charge is 0.454 e. The van der Waals surface area contributed by atoms with Crippen molar-refractivity contribution in [1.82, 2.24) is 15.1 Å². The first-order chi connectivity index (χ1) is 15.9. The van der Waals surface area contributed by atoms with Crippen LogP contribution in [0.25, 0.3) is 0 Å². The first-order valence-electron chi connectivity index (χ1n) is 11.1. The van der Waals surface area contributed by atoms with Gasteiger partial charge in [-0.1, -0.05) is 12.1 Å². The average molecular weight is 454 g/mol. The number of piperazine rings is 1. The molecule has 2 heterocycles. The summed E-state index contributed by atoms with van der Waals surface area (Å²) in [4.78, 5) is 31.8. The molecule has 4 rings (SSSR count). The van der Waals surface area contributed by atoms with Crippen molar-refractivity contribution >= 4 is 23.2 Å². The fourth-order valence-electron chi connectivity index (χ4n) is 4.02. The Morgan fingerprint density at radius 2 is 1.67 bits per heavy atom. The maximum atomic E-state index is 12.6.